The molecule has 76 valence electrons. The van der Waals surface area contributed by atoms with E-state index >= 15 is 0 Å². The van der Waals surface area contributed by atoms with Crippen molar-refractivity contribution in [2.75, 3.05) is 11.9 Å². The maximum absolute atomic E-state index is 11.3. The molecule has 0 saturated heterocycles. The molecule has 1 aromatic rings. The summed E-state index contributed by atoms with van der Waals surface area (Å²) in [4.78, 5) is 17.9. The predicted molar refractivity (Wildman–Crippen MR) is 62.2 cm³/mol. The fourth-order valence-electron chi connectivity index (χ4n) is 1.25. The smallest absolute Gasteiger partial charge is 0.266 e. The lowest BCUT2D eigenvalue weighted by Crippen LogP contribution is -2.32. The molecule has 0 aliphatic heterocycles. The van der Waals surface area contributed by atoms with Gasteiger partial charge in [-0.25, -0.2) is 4.98 Å². The Bertz CT molecular complexity index is 399. The molecule has 1 aliphatic rings. The van der Waals surface area contributed by atoms with E-state index in [1.54, 1.807) is 0 Å². The van der Waals surface area contributed by atoms with Crippen molar-refractivity contribution in [3.63, 3.8) is 0 Å². The van der Waals surface area contributed by atoms with Crippen molar-refractivity contribution < 1.29 is 0 Å². The van der Waals surface area contributed by atoms with Crippen molar-refractivity contribution in [2.24, 2.45) is 5.73 Å². The third kappa shape index (κ3) is 1.76. The summed E-state index contributed by atoms with van der Waals surface area (Å²) in [6.45, 7) is 0.581. The molecule has 1 saturated carbocycles. The number of nitrogens with zero attached hydrogens (tertiary/aromatic N) is 1. The van der Waals surface area contributed by atoms with Crippen LogP contribution in [-0.2, 0) is 0 Å². The Morgan fingerprint density at radius 3 is 3.00 bits per heavy atom. The van der Waals surface area contributed by atoms with Gasteiger partial charge in [0.2, 0.25) is 0 Å². The Balaban J connectivity index is 2.25. The average Bonchev–Trinajstić information content (AvgIpc) is 2.94. The summed E-state index contributed by atoms with van der Waals surface area (Å²) < 4.78 is 0.588. The second kappa shape index (κ2) is 3.50. The Hall–Kier alpha value is -0.630. The maximum Gasteiger partial charge on any atom is 0.266 e. The predicted octanol–water partition coefficient (Wildman–Crippen LogP) is 0.278. The van der Waals surface area contributed by atoms with Gasteiger partial charge in [-0.1, -0.05) is 0 Å². The SMILES string of the molecule is NCC1(Nc2nc[nH]c(=O)c2I)CC1. The summed E-state index contributed by atoms with van der Waals surface area (Å²) in [6, 6.07) is 0. The van der Waals surface area contributed by atoms with Gasteiger partial charge in [-0.2, -0.15) is 0 Å². The Morgan fingerprint density at radius 1 is 1.71 bits per heavy atom. The lowest BCUT2D eigenvalue weighted by molar-refractivity contribution is 0.734. The minimum absolute atomic E-state index is 0.0132. The standard InChI is InChI=1S/C8H11IN4O/c9-5-6(11-4-12-7(5)14)13-8(3-10)1-2-8/h4H,1-3,10H2,(H2,11,12,13,14). The van der Waals surface area contributed by atoms with Gasteiger partial charge in [0.05, 0.1) is 11.9 Å². The van der Waals surface area contributed by atoms with Gasteiger partial charge in [-0.3, -0.25) is 4.79 Å². The van der Waals surface area contributed by atoms with E-state index in [1.807, 2.05) is 22.6 Å². The van der Waals surface area contributed by atoms with E-state index in [0.717, 1.165) is 12.8 Å². The maximum atomic E-state index is 11.3. The lowest BCUT2D eigenvalue weighted by atomic mass is 10.3. The van der Waals surface area contributed by atoms with Crippen LogP contribution in [0.5, 0.6) is 0 Å². The minimum Gasteiger partial charge on any atom is -0.362 e. The van der Waals surface area contributed by atoms with Crippen LogP contribution in [0.1, 0.15) is 12.8 Å². The Kier molecular flexibility index (Phi) is 2.48. The molecule has 14 heavy (non-hydrogen) atoms. The van der Waals surface area contributed by atoms with Crippen LogP contribution in [0.25, 0.3) is 0 Å². The topological polar surface area (TPSA) is 83.8 Å². The van der Waals surface area contributed by atoms with Gasteiger partial charge in [0, 0.05) is 6.54 Å². The number of hydrogen-bond donors (Lipinski definition) is 3. The highest BCUT2D eigenvalue weighted by molar-refractivity contribution is 14.1. The number of halogens is 1. The molecule has 4 N–H and O–H groups in total. The molecule has 1 aromatic heterocycles. The summed E-state index contributed by atoms with van der Waals surface area (Å²) in [7, 11) is 0. The number of aromatic nitrogens is 2. The minimum atomic E-state index is -0.115. The molecule has 0 bridgehead atoms. The summed E-state index contributed by atoms with van der Waals surface area (Å²) in [5.41, 5.74) is 5.50. The van der Waals surface area contributed by atoms with Crippen LogP contribution in [-0.4, -0.2) is 22.1 Å². The first-order valence-corrected chi connectivity index (χ1v) is 5.46. The number of hydrogen-bond acceptors (Lipinski definition) is 4. The zero-order valence-corrected chi connectivity index (χ0v) is 9.67. The van der Waals surface area contributed by atoms with E-state index < -0.39 is 0 Å². The van der Waals surface area contributed by atoms with Crippen LogP contribution in [0.2, 0.25) is 0 Å². The van der Waals surface area contributed by atoms with Gasteiger partial charge in [0.15, 0.2) is 0 Å². The largest absolute Gasteiger partial charge is 0.362 e. The van der Waals surface area contributed by atoms with Crippen molar-refractivity contribution in [1.82, 2.24) is 9.97 Å². The van der Waals surface area contributed by atoms with E-state index in [-0.39, 0.29) is 11.1 Å². The van der Waals surface area contributed by atoms with Crippen molar-refractivity contribution >= 4 is 28.4 Å². The fourth-order valence-corrected chi connectivity index (χ4v) is 1.68. The van der Waals surface area contributed by atoms with Crippen molar-refractivity contribution in [1.29, 1.82) is 0 Å². The molecule has 1 heterocycles. The Labute approximate surface area is 94.6 Å². The second-order valence-corrected chi connectivity index (χ2v) is 4.58. The first-order valence-electron chi connectivity index (χ1n) is 4.38. The number of aromatic amines is 1. The normalized spacial score (nSPS) is 17.9. The molecule has 0 radical (unpaired) electrons. The van der Waals surface area contributed by atoms with Gasteiger partial charge in [0.25, 0.3) is 5.56 Å². The van der Waals surface area contributed by atoms with E-state index in [9.17, 15) is 4.79 Å². The van der Waals surface area contributed by atoms with Crippen LogP contribution >= 0.6 is 22.6 Å². The molecule has 6 heteroatoms. The number of anilines is 1. The Morgan fingerprint density at radius 2 is 2.43 bits per heavy atom. The highest BCUT2D eigenvalue weighted by atomic mass is 127. The van der Waals surface area contributed by atoms with E-state index in [1.165, 1.54) is 6.33 Å². The van der Waals surface area contributed by atoms with E-state index in [0.29, 0.717) is 15.9 Å². The molecule has 5 nitrogen and oxygen atoms in total. The summed E-state index contributed by atoms with van der Waals surface area (Å²) >= 11 is 1.98. The molecule has 0 atom stereocenters. The van der Waals surface area contributed by atoms with Crippen LogP contribution in [0.15, 0.2) is 11.1 Å². The molecule has 2 rings (SSSR count). The highest BCUT2D eigenvalue weighted by Gasteiger charge is 2.41. The van der Waals surface area contributed by atoms with Crippen LogP contribution in [0.4, 0.5) is 5.82 Å². The van der Waals surface area contributed by atoms with Crippen LogP contribution < -0.4 is 16.6 Å². The van der Waals surface area contributed by atoms with E-state index in [4.69, 9.17) is 5.73 Å². The molecule has 1 aliphatic carbocycles. The highest BCUT2D eigenvalue weighted by Crippen LogP contribution is 2.37. The molecule has 0 unspecified atom stereocenters. The first-order chi connectivity index (χ1) is 6.67. The van der Waals surface area contributed by atoms with Crippen LogP contribution in [0, 0.1) is 3.57 Å². The third-order valence-corrected chi connectivity index (χ3v) is 3.43. The first kappa shape index (κ1) is 9.91. The molecule has 0 spiro atoms. The molecular weight excluding hydrogens is 295 g/mol. The summed E-state index contributed by atoms with van der Waals surface area (Å²) in [6.07, 6.45) is 3.50. The zero-order valence-electron chi connectivity index (χ0n) is 7.51. The average molecular weight is 306 g/mol. The fraction of sp³-hybridized carbons (Fsp3) is 0.500. The monoisotopic (exact) mass is 306 g/mol. The van der Waals surface area contributed by atoms with Gasteiger partial charge < -0.3 is 16.0 Å². The molecule has 1 fully saturated rings. The second-order valence-electron chi connectivity index (χ2n) is 3.50. The summed E-state index contributed by atoms with van der Waals surface area (Å²) in [5, 5.41) is 3.22. The number of nitrogens with two attached hydrogens (primary N) is 1. The van der Waals surface area contributed by atoms with Crippen molar-refractivity contribution in [2.45, 2.75) is 18.4 Å². The van der Waals surface area contributed by atoms with Gasteiger partial charge >= 0.3 is 0 Å². The van der Waals surface area contributed by atoms with E-state index in [2.05, 4.69) is 15.3 Å². The van der Waals surface area contributed by atoms with Crippen molar-refractivity contribution in [3.05, 3.63) is 20.3 Å². The number of rotatable bonds is 3. The molecule has 0 aromatic carbocycles. The van der Waals surface area contributed by atoms with Gasteiger partial charge in [0.1, 0.15) is 9.39 Å². The quantitative estimate of drug-likeness (QED) is 0.700. The van der Waals surface area contributed by atoms with Crippen LogP contribution in [0.3, 0.4) is 0 Å². The van der Waals surface area contributed by atoms with Gasteiger partial charge in [-0.05, 0) is 35.4 Å². The number of H-pyrrole nitrogens is 1. The third-order valence-electron chi connectivity index (χ3n) is 2.42. The summed E-state index contributed by atoms with van der Waals surface area (Å²) in [5.74, 6) is 0.636. The molecular formula is C8H11IN4O. The van der Waals surface area contributed by atoms with Gasteiger partial charge in [-0.15, -0.1) is 0 Å². The molecule has 0 amide bonds. The zero-order chi connectivity index (χ0) is 10.2. The van der Waals surface area contributed by atoms with Crippen molar-refractivity contribution in [3.8, 4) is 0 Å². The number of nitrogens with one attached hydrogen (secondary N) is 2. The lowest BCUT2D eigenvalue weighted by Gasteiger charge is -2.15.